The second-order valence-electron chi connectivity index (χ2n) is 3.54. The molecule has 1 N–H and O–H groups in total. The number of rotatable bonds is 5. The summed E-state index contributed by atoms with van der Waals surface area (Å²) in [7, 11) is 0. The van der Waals surface area contributed by atoms with Gasteiger partial charge in [-0.1, -0.05) is 30.3 Å². The first-order valence-electron chi connectivity index (χ1n) is 5.03. The number of Topliss-reactive ketones (excluding diaryl/α,β-unsaturated/α-hetero) is 1. The van der Waals surface area contributed by atoms with Crippen LogP contribution in [0.1, 0.15) is 12.5 Å². The van der Waals surface area contributed by atoms with Crippen molar-refractivity contribution in [1.82, 2.24) is 5.32 Å². The Morgan fingerprint density at radius 2 is 1.94 bits per heavy atom. The van der Waals surface area contributed by atoms with Gasteiger partial charge in [-0.2, -0.15) is 0 Å². The number of alkyl halides is 1. The highest BCUT2D eigenvalue weighted by Gasteiger charge is 2.19. The highest BCUT2D eigenvalue weighted by Crippen LogP contribution is 2.04. The highest BCUT2D eigenvalue weighted by molar-refractivity contribution is 5.89. The van der Waals surface area contributed by atoms with Gasteiger partial charge in [-0.25, -0.2) is 4.39 Å². The van der Waals surface area contributed by atoms with Gasteiger partial charge < -0.3 is 5.32 Å². The van der Waals surface area contributed by atoms with Crippen molar-refractivity contribution >= 4 is 11.7 Å². The Hall–Kier alpha value is -1.71. The molecule has 0 aliphatic carbocycles. The van der Waals surface area contributed by atoms with Crippen molar-refractivity contribution in [3.05, 3.63) is 35.9 Å². The lowest BCUT2D eigenvalue weighted by molar-refractivity contribution is -0.127. The molecule has 0 aliphatic heterocycles. The van der Waals surface area contributed by atoms with Gasteiger partial charge in [0.25, 0.3) is 0 Å². The summed E-state index contributed by atoms with van der Waals surface area (Å²) in [5.41, 5.74) is 0.892. The molecule has 0 aromatic heterocycles. The summed E-state index contributed by atoms with van der Waals surface area (Å²) in [5, 5.41) is 2.45. The molecule has 0 saturated heterocycles. The smallest absolute Gasteiger partial charge is 0.217 e. The van der Waals surface area contributed by atoms with Gasteiger partial charge >= 0.3 is 0 Å². The molecule has 0 heterocycles. The molecule has 86 valence electrons. The van der Waals surface area contributed by atoms with Crippen LogP contribution >= 0.6 is 0 Å². The molecule has 1 amide bonds. The minimum absolute atomic E-state index is 0.323. The van der Waals surface area contributed by atoms with Crippen LogP contribution in [0.3, 0.4) is 0 Å². The van der Waals surface area contributed by atoms with Crippen LogP contribution < -0.4 is 5.32 Å². The minimum Gasteiger partial charge on any atom is -0.346 e. The van der Waals surface area contributed by atoms with Crippen molar-refractivity contribution in [1.29, 1.82) is 0 Å². The van der Waals surface area contributed by atoms with Crippen molar-refractivity contribution in [3.63, 3.8) is 0 Å². The number of carbonyl (C=O) groups is 2. The maximum Gasteiger partial charge on any atom is 0.217 e. The van der Waals surface area contributed by atoms with E-state index in [1.165, 1.54) is 6.92 Å². The molecule has 0 saturated carbocycles. The lowest BCUT2D eigenvalue weighted by atomic mass is 10.0. The van der Waals surface area contributed by atoms with E-state index in [4.69, 9.17) is 0 Å². The van der Waals surface area contributed by atoms with E-state index in [1.807, 2.05) is 30.3 Å². The quantitative estimate of drug-likeness (QED) is 0.817. The number of halogens is 1. The lowest BCUT2D eigenvalue weighted by Crippen LogP contribution is -2.42. The molecule has 1 atom stereocenters. The lowest BCUT2D eigenvalue weighted by Gasteiger charge is -2.15. The summed E-state index contributed by atoms with van der Waals surface area (Å²) in [6.07, 6.45) is 0.323. The maximum absolute atomic E-state index is 12.3. The van der Waals surface area contributed by atoms with Gasteiger partial charge in [-0.3, -0.25) is 9.59 Å². The largest absolute Gasteiger partial charge is 0.346 e. The van der Waals surface area contributed by atoms with E-state index in [0.29, 0.717) is 6.42 Å². The van der Waals surface area contributed by atoms with Crippen LogP contribution in [0.5, 0.6) is 0 Å². The molecule has 1 rings (SSSR count). The molecule has 1 unspecified atom stereocenters. The molecule has 3 nitrogen and oxygen atoms in total. The summed E-state index contributed by atoms with van der Waals surface area (Å²) in [6.45, 7) is 0.251. The van der Waals surface area contributed by atoms with Crippen LogP contribution in [0.4, 0.5) is 4.39 Å². The number of hydrogen-bond acceptors (Lipinski definition) is 2. The number of ketones is 1. The first-order chi connectivity index (χ1) is 7.63. The fourth-order valence-electron chi connectivity index (χ4n) is 1.43. The van der Waals surface area contributed by atoms with E-state index in [2.05, 4.69) is 5.32 Å². The Kier molecular flexibility index (Phi) is 4.64. The normalized spacial score (nSPS) is 11.9. The molecule has 4 heteroatoms. The monoisotopic (exact) mass is 223 g/mol. The molecule has 0 radical (unpaired) electrons. The highest BCUT2D eigenvalue weighted by atomic mass is 19.1. The van der Waals surface area contributed by atoms with E-state index in [9.17, 15) is 14.0 Å². The number of nitrogens with one attached hydrogen (secondary N) is 1. The Morgan fingerprint density at radius 1 is 1.31 bits per heavy atom. The molecule has 0 spiro atoms. The Morgan fingerprint density at radius 3 is 2.44 bits per heavy atom. The van der Waals surface area contributed by atoms with Gasteiger partial charge in [-0.15, -0.1) is 0 Å². The van der Waals surface area contributed by atoms with Crippen LogP contribution in [0, 0.1) is 0 Å². The van der Waals surface area contributed by atoms with E-state index in [0.717, 1.165) is 5.56 Å². The van der Waals surface area contributed by atoms with Crippen molar-refractivity contribution in [2.24, 2.45) is 0 Å². The SMILES string of the molecule is CC(=O)NC(Cc1ccccc1)C(=O)CF. The average molecular weight is 223 g/mol. The topological polar surface area (TPSA) is 46.2 Å². The summed E-state index contributed by atoms with van der Waals surface area (Å²) in [5.74, 6) is -0.929. The molecule has 0 fully saturated rings. The Bertz CT molecular complexity index is 365. The zero-order chi connectivity index (χ0) is 12.0. The number of carbonyl (C=O) groups excluding carboxylic acids is 2. The third-order valence-electron chi connectivity index (χ3n) is 2.18. The number of benzene rings is 1. The van der Waals surface area contributed by atoms with Gasteiger partial charge in [0.1, 0.15) is 6.67 Å². The molecule has 1 aromatic carbocycles. The van der Waals surface area contributed by atoms with E-state index in [-0.39, 0.29) is 5.91 Å². The molecular formula is C12H14FNO2. The van der Waals surface area contributed by atoms with E-state index in [1.54, 1.807) is 0 Å². The maximum atomic E-state index is 12.3. The minimum atomic E-state index is -1.06. The second kappa shape index (κ2) is 6.00. The van der Waals surface area contributed by atoms with E-state index < -0.39 is 18.5 Å². The zero-order valence-electron chi connectivity index (χ0n) is 9.07. The molecular weight excluding hydrogens is 209 g/mol. The van der Waals surface area contributed by atoms with Gasteiger partial charge in [0.05, 0.1) is 6.04 Å². The fourth-order valence-corrected chi connectivity index (χ4v) is 1.43. The van der Waals surface area contributed by atoms with Crippen LogP contribution in [0.2, 0.25) is 0 Å². The molecule has 1 aromatic rings. The molecule has 16 heavy (non-hydrogen) atoms. The molecule has 0 aliphatic rings. The van der Waals surface area contributed by atoms with Crippen molar-refractivity contribution in [3.8, 4) is 0 Å². The van der Waals surface area contributed by atoms with Gasteiger partial charge in [0, 0.05) is 6.92 Å². The zero-order valence-corrected chi connectivity index (χ0v) is 9.07. The predicted octanol–water partition coefficient (Wildman–Crippen LogP) is 1.27. The summed E-state index contributed by atoms with van der Waals surface area (Å²) >= 11 is 0. The summed E-state index contributed by atoms with van der Waals surface area (Å²) in [6, 6.07) is 8.42. The number of hydrogen-bond donors (Lipinski definition) is 1. The van der Waals surface area contributed by atoms with Gasteiger partial charge in [0.2, 0.25) is 5.91 Å². The van der Waals surface area contributed by atoms with E-state index >= 15 is 0 Å². The van der Waals surface area contributed by atoms with Crippen LogP contribution in [0.15, 0.2) is 30.3 Å². The summed E-state index contributed by atoms with van der Waals surface area (Å²) in [4.78, 5) is 22.1. The van der Waals surface area contributed by atoms with Crippen LogP contribution in [0.25, 0.3) is 0 Å². The first-order valence-corrected chi connectivity index (χ1v) is 5.03. The van der Waals surface area contributed by atoms with Crippen molar-refractivity contribution in [2.75, 3.05) is 6.67 Å². The van der Waals surface area contributed by atoms with Crippen molar-refractivity contribution < 1.29 is 14.0 Å². The summed E-state index contributed by atoms with van der Waals surface area (Å²) < 4.78 is 12.3. The van der Waals surface area contributed by atoms with Gasteiger partial charge in [0.15, 0.2) is 5.78 Å². The van der Waals surface area contributed by atoms with Crippen molar-refractivity contribution in [2.45, 2.75) is 19.4 Å². The van der Waals surface area contributed by atoms with Crippen LogP contribution in [-0.2, 0) is 16.0 Å². The fraction of sp³-hybridized carbons (Fsp3) is 0.333. The third-order valence-corrected chi connectivity index (χ3v) is 2.18. The average Bonchev–Trinajstić information content (AvgIpc) is 2.28. The predicted molar refractivity (Wildman–Crippen MR) is 58.7 cm³/mol. The molecule has 0 bridgehead atoms. The third kappa shape index (κ3) is 3.81. The second-order valence-corrected chi connectivity index (χ2v) is 3.54. The Labute approximate surface area is 93.7 Å². The first kappa shape index (κ1) is 12.4. The van der Waals surface area contributed by atoms with Crippen LogP contribution in [-0.4, -0.2) is 24.4 Å². The van der Waals surface area contributed by atoms with Gasteiger partial charge in [-0.05, 0) is 12.0 Å². The standard InChI is InChI=1S/C12H14FNO2/c1-9(15)14-11(12(16)8-13)7-10-5-3-2-4-6-10/h2-6,11H,7-8H2,1H3,(H,14,15). The number of amides is 1. The Balaban J connectivity index is 2.70.